The smallest absolute Gasteiger partial charge is 0.356 e. The Morgan fingerprint density at radius 3 is 2.94 bits per heavy atom. The van der Waals surface area contributed by atoms with Gasteiger partial charge >= 0.3 is 5.97 Å². The summed E-state index contributed by atoms with van der Waals surface area (Å²) in [6, 6.07) is 0. The number of hydrogen-bond acceptors (Lipinski definition) is 3. The van der Waals surface area contributed by atoms with Crippen molar-refractivity contribution in [2.75, 3.05) is 7.11 Å². The van der Waals surface area contributed by atoms with Gasteiger partial charge in [0.1, 0.15) is 5.82 Å². The van der Waals surface area contributed by atoms with Crippen molar-refractivity contribution < 1.29 is 9.53 Å². The lowest BCUT2D eigenvalue weighted by Gasteiger charge is -2.15. The average molecular weight is 220 g/mol. The van der Waals surface area contributed by atoms with Crippen LogP contribution in [0.5, 0.6) is 0 Å². The molecule has 0 spiro atoms. The van der Waals surface area contributed by atoms with Crippen LogP contribution in [0, 0.1) is 0 Å². The van der Waals surface area contributed by atoms with E-state index in [1.165, 1.54) is 26.4 Å². The predicted octanol–water partition coefficient (Wildman–Crippen LogP) is 1.88. The third-order valence-electron chi connectivity index (χ3n) is 3.45. The fourth-order valence-corrected chi connectivity index (χ4v) is 2.46. The second kappa shape index (κ2) is 3.61. The van der Waals surface area contributed by atoms with E-state index >= 15 is 0 Å². The molecule has 0 atom stereocenters. The van der Waals surface area contributed by atoms with Gasteiger partial charge in [-0.3, -0.25) is 0 Å². The minimum absolute atomic E-state index is 0.220. The first-order valence-electron chi connectivity index (χ1n) is 5.99. The normalized spacial score (nSPS) is 19.3. The van der Waals surface area contributed by atoms with Gasteiger partial charge in [-0.2, -0.15) is 0 Å². The number of methoxy groups -OCH3 is 1. The highest BCUT2D eigenvalue weighted by molar-refractivity contribution is 5.89. The van der Waals surface area contributed by atoms with E-state index in [0.717, 1.165) is 36.6 Å². The van der Waals surface area contributed by atoms with Crippen molar-refractivity contribution in [3.63, 3.8) is 0 Å². The number of esters is 1. The minimum atomic E-state index is -0.220. The Bertz CT molecular complexity index is 432. The molecule has 3 rings (SSSR count). The Morgan fingerprint density at radius 2 is 2.25 bits per heavy atom. The maximum Gasteiger partial charge on any atom is 0.356 e. The third kappa shape index (κ3) is 1.44. The van der Waals surface area contributed by atoms with Crippen LogP contribution in [0.1, 0.15) is 53.6 Å². The van der Waals surface area contributed by atoms with Crippen LogP contribution in [0.4, 0.5) is 0 Å². The van der Waals surface area contributed by atoms with Crippen molar-refractivity contribution in [1.29, 1.82) is 0 Å². The third-order valence-corrected chi connectivity index (χ3v) is 3.45. The Balaban J connectivity index is 2.09. The molecule has 1 fully saturated rings. The summed E-state index contributed by atoms with van der Waals surface area (Å²) in [7, 11) is 1.45. The summed E-state index contributed by atoms with van der Waals surface area (Å²) in [6.45, 7) is 0.916. The van der Waals surface area contributed by atoms with Crippen molar-refractivity contribution in [2.45, 2.75) is 44.6 Å². The van der Waals surface area contributed by atoms with E-state index in [9.17, 15) is 4.79 Å². The molecular formula is C12H16N2O2. The van der Waals surface area contributed by atoms with Gasteiger partial charge in [-0.15, -0.1) is 0 Å². The molecule has 0 saturated heterocycles. The highest BCUT2D eigenvalue weighted by Gasteiger charge is 2.34. The Hall–Kier alpha value is -1.32. The summed E-state index contributed by atoms with van der Waals surface area (Å²) in [5, 5.41) is 0. The van der Waals surface area contributed by atoms with Gasteiger partial charge in [0.05, 0.1) is 12.8 Å². The first-order chi connectivity index (χ1) is 7.81. The molecule has 86 valence electrons. The van der Waals surface area contributed by atoms with E-state index in [0.29, 0.717) is 5.92 Å². The van der Waals surface area contributed by atoms with E-state index in [1.54, 1.807) is 0 Å². The lowest BCUT2D eigenvalue weighted by Crippen LogP contribution is -2.17. The number of rotatable bonds is 2. The van der Waals surface area contributed by atoms with Crippen molar-refractivity contribution in [3.8, 4) is 0 Å². The molecule has 0 unspecified atom stereocenters. The van der Waals surface area contributed by atoms with E-state index in [1.807, 2.05) is 0 Å². The maximum atomic E-state index is 11.8. The van der Waals surface area contributed by atoms with Crippen LogP contribution < -0.4 is 0 Å². The van der Waals surface area contributed by atoms with Crippen molar-refractivity contribution in [3.05, 3.63) is 17.2 Å². The van der Waals surface area contributed by atoms with Gasteiger partial charge < -0.3 is 9.30 Å². The zero-order valence-corrected chi connectivity index (χ0v) is 9.53. The number of aryl methyl sites for hydroxylation is 1. The zero-order chi connectivity index (χ0) is 11.1. The standard InChI is InChI=1S/C12H16N2O2/c1-16-12(15)11-10(8-5-6-8)13-9-4-2-3-7-14(9)11/h8H,2-7H2,1H3. The number of carbonyl (C=O) groups is 1. The van der Waals surface area contributed by atoms with Crippen LogP contribution >= 0.6 is 0 Å². The quantitative estimate of drug-likeness (QED) is 0.715. The molecule has 0 bridgehead atoms. The maximum absolute atomic E-state index is 11.8. The number of fused-ring (bicyclic) bond motifs is 1. The van der Waals surface area contributed by atoms with Gasteiger partial charge in [0, 0.05) is 18.9 Å². The second-order valence-electron chi connectivity index (χ2n) is 4.64. The van der Waals surface area contributed by atoms with E-state index in [-0.39, 0.29) is 5.97 Å². The number of ether oxygens (including phenoxy) is 1. The average Bonchev–Trinajstić information content (AvgIpc) is 3.09. The van der Waals surface area contributed by atoms with Gasteiger partial charge in [-0.25, -0.2) is 9.78 Å². The Labute approximate surface area is 94.6 Å². The summed E-state index contributed by atoms with van der Waals surface area (Å²) in [4.78, 5) is 16.5. The molecule has 2 aliphatic rings. The lowest BCUT2D eigenvalue weighted by atomic mass is 10.1. The molecule has 1 aromatic heterocycles. The summed E-state index contributed by atoms with van der Waals surface area (Å²) in [5.74, 6) is 1.36. The second-order valence-corrected chi connectivity index (χ2v) is 4.64. The zero-order valence-electron chi connectivity index (χ0n) is 9.53. The van der Waals surface area contributed by atoms with Crippen molar-refractivity contribution >= 4 is 5.97 Å². The molecule has 1 saturated carbocycles. The summed E-state index contributed by atoms with van der Waals surface area (Å²) >= 11 is 0. The van der Waals surface area contributed by atoms with E-state index in [4.69, 9.17) is 4.74 Å². The molecule has 1 aliphatic carbocycles. The highest BCUT2D eigenvalue weighted by atomic mass is 16.5. The SMILES string of the molecule is COC(=O)c1c(C2CC2)nc2n1CCCC2. The van der Waals surface area contributed by atoms with Gasteiger partial charge in [0.2, 0.25) is 0 Å². The molecule has 0 radical (unpaired) electrons. The van der Waals surface area contributed by atoms with Gasteiger partial charge in [0.15, 0.2) is 5.69 Å². The van der Waals surface area contributed by atoms with Crippen LogP contribution in [0.25, 0.3) is 0 Å². The van der Waals surface area contributed by atoms with Crippen LogP contribution in [0.2, 0.25) is 0 Å². The lowest BCUT2D eigenvalue weighted by molar-refractivity contribution is 0.0585. The Kier molecular flexibility index (Phi) is 2.23. The summed E-state index contributed by atoms with van der Waals surface area (Å²) < 4.78 is 6.95. The fourth-order valence-electron chi connectivity index (χ4n) is 2.46. The van der Waals surface area contributed by atoms with Gasteiger partial charge in [0.25, 0.3) is 0 Å². The molecule has 4 heteroatoms. The van der Waals surface area contributed by atoms with Crippen molar-refractivity contribution in [2.24, 2.45) is 0 Å². The molecule has 16 heavy (non-hydrogen) atoms. The Morgan fingerprint density at radius 1 is 1.44 bits per heavy atom. The van der Waals surface area contributed by atoms with Crippen LogP contribution in [0.3, 0.4) is 0 Å². The molecular weight excluding hydrogens is 204 g/mol. The van der Waals surface area contributed by atoms with Gasteiger partial charge in [-0.1, -0.05) is 0 Å². The first kappa shape index (κ1) is 9.87. The van der Waals surface area contributed by atoms with Gasteiger partial charge in [-0.05, 0) is 25.7 Å². The van der Waals surface area contributed by atoms with Crippen LogP contribution in [-0.2, 0) is 17.7 Å². The minimum Gasteiger partial charge on any atom is -0.464 e. The predicted molar refractivity (Wildman–Crippen MR) is 58.5 cm³/mol. The van der Waals surface area contributed by atoms with E-state index < -0.39 is 0 Å². The number of carbonyl (C=O) groups excluding carboxylic acids is 1. The first-order valence-corrected chi connectivity index (χ1v) is 5.99. The van der Waals surface area contributed by atoms with Crippen molar-refractivity contribution in [1.82, 2.24) is 9.55 Å². The fraction of sp³-hybridized carbons (Fsp3) is 0.667. The topological polar surface area (TPSA) is 44.1 Å². The van der Waals surface area contributed by atoms with E-state index in [2.05, 4.69) is 9.55 Å². The van der Waals surface area contributed by atoms with Crippen LogP contribution in [0.15, 0.2) is 0 Å². The largest absolute Gasteiger partial charge is 0.464 e. The number of nitrogens with zero attached hydrogens (tertiary/aromatic N) is 2. The summed E-state index contributed by atoms with van der Waals surface area (Å²) in [6.07, 6.45) is 5.65. The number of imidazole rings is 1. The molecule has 1 aromatic rings. The number of hydrogen-bond donors (Lipinski definition) is 0. The monoisotopic (exact) mass is 220 g/mol. The molecule has 0 amide bonds. The number of aromatic nitrogens is 2. The molecule has 4 nitrogen and oxygen atoms in total. The highest BCUT2D eigenvalue weighted by Crippen LogP contribution is 2.42. The molecule has 0 aromatic carbocycles. The molecule has 1 aliphatic heterocycles. The van der Waals surface area contributed by atoms with Crippen LogP contribution in [-0.4, -0.2) is 22.6 Å². The summed E-state index contributed by atoms with van der Waals surface area (Å²) in [5.41, 5.74) is 1.71. The molecule has 2 heterocycles. The molecule has 0 N–H and O–H groups in total.